The summed E-state index contributed by atoms with van der Waals surface area (Å²) < 4.78 is 0. The molecule has 120 valence electrons. The van der Waals surface area contributed by atoms with Crippen molar-refractivity contribution in [3.05, 3.63) is 66.0 Å². The van der Waals surface area contributed by atoms with E-state index in [0.29, 0.717) is 5.92 Å². The van der Waals surface area contributed by atoms with Gasteiger partial charge in [-0.05, 0) is 29.7 Å². The second-order valence-corrected chi connectivity index (χ2v) is 5.96. The molecule has 0 spiro atoms. The van der Waals surface area contributed by atoms with Gasteiger partial charge in [-0.3, -0.25) is 0 Å². The van der Waals surface area contributed by atoms with Gasteiger partial charge >= 0.3 is 0 Å². The molecule has 0 fully saturated rings. The molecule has 1 heterocycles. The van der Waals surface area contributed by atoms with Crippen LogP contribution in [-0.4, -0.2) is 16.5 Å². The van der Waals surface area contributed by atoms with Crippen LogP contribution < -0.4 is 5.32 Å². The fourth-order valence-electron chi connectivity index (χ4n) is 2.66. The van der Waals surface area contributed by atoms with Gasteiger partial charge in [0.1, 0.15) is 12.1 Å². The first-order valence-electron chi connectivity index (χ1n) is 8.27. The third-order valence-electron chi connectivity index (χ3n) is 3.89. The van der Waals surface area contributed by atoms with Crippen LogP contribution in [0.15, 0.2) is 54.9 Å². The summed E-state index contributed by atoms with van der Waals surface area (Å²) in [6.45, 7) is 5.16. The Balaban J connectivity index is 1.64. The smallest absolute Gasteiger partial charge is 0.137 e. The van der Waals surface area contributed by atoms with Crippen LogP contribution >= 0.6 is 0 Å². The fourth-order valence-corrected chi connectivity index (χ4v) is 2.66. The average Bonchev–Trinajstić information content (AvgIpc) is 2.62. The van der Waals surface area contributed by atoms with Gasteiger partial charge in [0.15, 0.2) is 0 Å². The number of hydrogen-bond acceptors (Lipinski definition) is 3. The van der Waals surface area contributed by atoms with E-state index < -0.39 is 0 Å². The molecule has 3 heteroatoms. The molecule has 0 bridgehead atoms. The molecule has 0 saturated carbocycles. The van der Waals surface area contributed by atoms with Crippen molar-refractivity contribution in [1.29, 1.82) is 0 Å². The molecule has 0 atom stereocenters. The monoisotopic (exact) mass is 315 g/mol. The lowest BCUT2D eigenvalue weighted by molar-refractivity contribution is 0.863. The van der Waals surface area contributed by atoms with Crippen LogP contribution in [-0.2, 0) is 0 Å². The predicted octanol–water partition coefficient (Wildman–Crippen LogP) is 4.61. The minimum atomic E-state index is 0.487. The van der Waals surface area contributed by atoms with Crippen molar-refractivity contribution in [3.63, 3.8) is 0 Å². The fraction of sp³-hybridized carbons (Fsp3) is 0.238. The highest BCUT2D eigenvalue weighted by Crippen LogP contribution is 2.19. The Hall–Kier alpha value is -2.86. The number of nitrogens with zero attached hydrogens (tertiary/aromatic N) is 2. The van der Waals surface area contributed by atoms with Crippen LogP contribution in [0.3, 0.4) is 0 Å². The number of fused-ring (bicyclic) bond motifs is 1. The number of benzene rings is 2. The van der Waals surface area contributed by atoms with E-state index in [0.717, 1.165) is 35.2 Å². The predicted molar refractivity (Wildman–Crippen MR) is 100 cm³/mol. The zero-order chi connectivity index (χ0) is 16.8. The third-order valence-corrected chi connectivity index (χ3v) is 3.89. The van der Waals surface area contributed by atoms with Crippen LogP contribution in [0, 0.1) is 11.8 Å². The Bertz CT molecular complexity index is 883. The zero-order valence-corrected chi connectivity index (χ0v) is 14.1. The molecule has 3 rings (SSSR count). The molecule has 1 aromatic heterocycles. The lowest BCUT2D eigenvalue weighted by Gasteiger charge is -2.07. The maximum atomic E-state index is 4.33. The van der Waals surface area contributed by atoms with Crippen LogP contribution in [0.1, 0.15) is 37.3 Å². The first-order valence-corrected chi connectivity index (χ1v) is 8.27. The van der Waals surface area contributed by atoms with Crippen molar-refractivity contribution in [2.75, 3.05) is 11.9 Å². The Labute approximate surface area is 143 Å². The van der Waals surface area contributed by atoms with Gasteiger partial charge in [-0.1, -0.05) is 56.0 Å². The first-order chi connectivity index (χ1) is 11.8. The number of aromatic nitrogens is 2. The SMILES string of the molecule is CC(C)c1ccccc1C#CCCNc1ncnc2ccccc12. The lowest BCUT2D eigenvalue weighted by atomic mass is 9.97. The highest BCUT2D eigenvalue weighted by molar-refractivity contribution is 5.88. The molecule has 3 nitrogen and oxygen atoms in total. The maximum absolute atomic E-state index is 4.33. The standard InChI is InChI=1S/C21H21N3/c1-16(2)18-11-4-3-9-17(18)10-7-8-14-22-21-19-12-5-6-13-20(19)23-15-24-21/h3-6,9,11-13,15-16H,8,14H2,1-2H3,(H,22,23,24). The summed E-state index contributed by atoms with van der Waals surface area (Å²) >= 11 is 0. The number of hydrogen-bond donors (Lipinski definition) is 1. The molecule has 0 amide bonds. The number of anilines is 1. The first kappa shape index (κ1) is 16.0. The summed E-state index contributed by atoms with van der Waals surface area (Å²) in [5.74, 6) is 7.91. The van der Waals surface area contributed by atoms with E-state index >= 15 is 0 Å². The van der Waals surface area contributed by atoms with Gasteiger partial charge in [-0.2, -0.15) is 0 Å². The van der Waals surface area contributed by atoms with Gasteiger partial charge < -0.3 is 5.32 Å². The molecule has 0 unspecified atom stereocenters. The van der Waals surface area contributed by atoms with Crippen molar-refractivity contribution in [2.45, 2.75) is 26.2 Å². The largest absolute Gasteiger partial charge is 0.368 e. The molecule has 1 N–H and O–H groups in total. The average molecular weight is 315 g/mol. The van der Waals surface area contributed by atoms with E-state index in [9.17, 15) is 0 Å². The summed E-state index contributed by atoms with van der Waals surface area (Å²) in [6, 6.07) is 16.4. The van der Waals surface area contributed by atoms with E-state index in [4.69, 9.17) is 0 Å². The van der Waals surface area contributed by atoms with Gasteiger partial charge in [0, 0.05) is 23.9 Å². The Morgan fingerprint density at radius 3 is 2.67 bits per heavy atom. The minimum absolute atomic E-state index is 0.487. The summed E-state index contributed by atoms with van der Waals surface area (Å²) in [5.41, 5.74) is 3.38. The van der Waals surface area contributed by atoms with Gasteiger partial charge in [0.25, 0.3) is 0 Å². The van der Waals surface area contributed by atoms with Crippen molar-refractivity contribution < 1.29 is 0 Å². The van der Waals surface area contributed by atoms with Crippen LogP contribution in [0.4, 0.5) is 5.82 Å². The van der Waals surface area contributed by atoms with Gasteiger partial charge in [0.05, 0.1) is 5.52 Å². The molecular weight excluding hydrogens is 294 g/mol. The van der Waals surface area contributed by atoms with Crippen LogP contribution in [0.2, 0.25) is 0 Å². The van der Waals surface area contributed by atoms with Crippen molar-refractivity contribution >= 4 is 16.7 Å². The summed E-state index contributed by atoms with van der Waals surface area (Å²) in [7, 11) is 0. The number of para-hydroxylation sites is 1. The highest BCUT2D eigenvalue weighted by Gasteiger charge is 2.03. The summed E-state index contributed by atoms with van der Waals surface area (Å²) in [5, 5.41) is 4.40. The lowest BCUT2D eigenvalue weighted by Crippen LogP contribution is -2.03. The molecule has 24 heavy (non-hydrogen) atoms. The zero-order valence-electron chi connectivity index (χ0n) is 14.1. The van der Waals surface area contributed by atoms with Crippen LogP contribution in [0.5, 0.6) is 0 Å². The van der Waals surface area contributed by atoms with E-state index in [-0.39, 0.29) is 0 Å². The van der Waals surface area contributed by atoms with E-state index in [1.165, 1.54) is 5.56 Å². The molecule has 0 saturated heterocycles. The van der Waals surface area contributed by atoms with Crippen LogP contribution in [0.25, 0.3) is 10.9 Å². The Kier molecular flexibility index (Phi) is 5.08. The number of rotatable bonds is 4. The number of nitrogens with one attached hydrogen (secondary N) is 1. The molecule has 0 aliphatic rings. The van der Waals surface area contributed by atoms with Crippen molar-refractivity contribution in [1.82, 2.24) is 9.97 Å². The second kappa shape index (κ2) is 7.61. The molecule has 0 aliphatic heterocycles. The van der Waals surface area contributed by atoms with E-state index in [2.05, 4.69) is 59.2 Å². The summed E-state index contributed by atoms with van der Waals surface area (Å²) in [4.78, 5) is 8.60. The molecule has 3 aromatic rings. The maximum Gasteiger partial charge on any atom is 0.137 e. The highest BCUT2D eigenvalue weighted by atomic mass is 15.0. The molecule has 0 radical (unpaired) electrons. The summed E-state index contributed by atoms with van der Waals surface area (Å²) in [6.07, 6.45) is 2.36. The molecule has 0 aliphatic carbocycles. The minimum Gasteiger partial charge on any atom is -0.368 e. The molecule has 2 aromatic carbocycles. The topological polar surface area (TPSA) is 37.8 Å². The molecular formula is C21H21N3. The van der Waals surface area contributed by atoms with E-state index in [1.807, 2.05) is 30.3 Å². The third kappa shape index (κ3) is 3.72. The van der Waals surface area contributed by atoms with Gasteiger partial charge in [0.2, 0.25) is 0 Å². The normalized spacial score (nSPS) is 10.5. The quantitative estimate of drug-likeness (QED) is 0.564. The van der Waals surface area contributed by atoms with E-state index in [1.54, 1.807) is 6.33 Å². The van der Waals surface area contributed by atoms with Crippen molar-refractivity contribution in [2.24, 2.45) is 0 Å². The van der Waals surface area contributed by atoms with Gasteiger partial charge in [-0.25, -0.2) is 9.97 Å². The Morgan fingerprint density at radius 2 is 1.79 bits per heavy atom. The second-order valence-electron chi connectivity index (χ2n) is 5.96. The van der Waals surface area contributed by atoms with Gasteiger partial charge in [-0.15, -0.1) is 0 Å². The Morgan fingerprint density at radius 1 is 1.00 bits per heavy atom. The van der Waals surface area contributed by atoms with Crippen molar-refractivity contribution in [3.8, 4) is 11.8 Å².